The molecule has 1 rings (SSSR count). The maximum Gasteiger partial charge on any atom is 0.0226 e. The van der Waals surface area contributed by atoms with Gasteiger partial charge in [-0.1, -0.05) is 68.2 Å². The highest BCUT2D eigenvalue weighted by Gasteiger charge is 2.31. The first kappa shape index (κ1) is 24.0. The second kappa shape index (κ2) is 12.4. The largest absolute Gasteiger partial charge is 0.298 e. The van der Waals surface area contributed by atoms with E-state index in [1.165, 1.54) is 64.7 Å². The van der Waals surface area contributed by atoms with Crippen molar-refractivity contribution in [3.05, 3.63) is 0 Å². The highest BCUT2D eigenvalue weighted by atomic mass is 15.3. The maximum atomic E-state index is 2.87. The van der Waals surface area contributed by atoms with Crippen LogP contribution in [0, 0.1) is 23.7 Å². The summed E-state index contributed by atoms with van der Waals surface area (Å²) in [5.41, 5.74) is 0. The zero-order valence-electron chi connectivity index (χ0n) is 19.4. The third-order valence-corrected chi connectivity index (χ3v) is 5.95. The number of nitrogens with zero attached hydrogens (tertiary/aromatic N) is 2. The smallest absolute Gasteiger partial charge is 0.0226 e. The second-order valence-corrected chi connectivity index (χ2v) is 10.6. The maximum absolute atomic E-state index is 2.87. The van der Waals surface area contributed by atoms with E-state index < -0.39 is 0 Å². The van der Waals surface area contributed by atoms with Crippen LogP contribution in [0.25, 0.3) is 0 Å². The van der Waals surface area contributed by atoms with Crippen LogP contribution in [0.15, 0.2) is 0 Å². The van der Waals surface area contributed by atoms with Gasteiger partial charge in [-0.25, -0.2) is 0 Å². The first-order chi connectivity index (χ1) is 12.2. The molecule has 2 atom stereocenters. The molecule has 1 fully saturated rings. The quantitative estimate of drug-likeness (QED) is 0.399. The Morgan fingerprint density at radius 2 is 1.38 bits per heavy atom. The van der Waals surface area contributed by atoms with Gasteiger partial charge in [-0.15, -0.1) is 0 Å². The highest BCUT2D eigenvalue weighted by molar-refractivity contribution is 4.87. The molecule has 0 saturated carbocycles. The van der Waals surface area contributed by atoms with E-state index in [0.717, 1.165) is 35.8 Å². The van der Waals surface area contributed by atoms with E-state index in [9.17, 15) is 0 Å². The van der Waals surface area contributed by atoms with Crippen LogP contribution in [-0.4, -0.2) is 48.1 Å². The molecule has 0 radical (unpaired) electrons. The molecule has 0 bridgehead atoms. The fourth-order valence-corrected chi connectivity index (χ4v) is 4.49. The minimum Gasteiger partial charge on any atom is -0.298 e. The molecular formula is C24H50N2. The van der Waals surface area contributed by atoms with Gasteiger partial charge in [-0.05, 0) is 55.9 Å². The Bertz CT molecular complexity index is 340. The lowest BCUT2D eigenvalue weighted by molar-refractivity contribution is 0.0274. The molecule has 26 heavy (non-hydrogen) atoms. The van der Waals surface area contributed by atoms with Gasteiger partial charge in [-0.2, -0.15) is 0 Å². The Morgan fingerprint density at radius 1 is 0.731 bits per heavy atom. The van der Waals surface area contributed by atoms with Crippen LogP contribution < -0.4 is 0 Å². The molecule has 1 aliphatic heterocycles. The van der Waals surface area contributed by atoms with Crippen molar-refractivity contribution in [2.75, 3.05) is 26.2 Å². The average molecular weight is 367 g/mol. The summed E-state index contributed by atoms with van der Waals surface area (Å²) >= 11 is 0. The summed E-state index contributed by atoms with van der Waals surface area (Å²) in [6, 6.07) is 1.57. The monoisotopic (exact) mass is 366 g/mol. The third-order valence-electron chi connectivity index (χ3n) is 5.95. The molecule has 1 aliphatic rings. The number of piperazine rings is 1. The Balaban J connectivity index is 2.69. The Hall–Kier alpha value is -0.0800. The second-order valence-electron chi connectivity index (χ2n) is 10.6. The Kier molecular flexibility index (Phi) is 11.4. The van der Waals surface area contributed by atoms with Gasteiger partial charge < -0.3 is 0 Å². The third kappa shape index (κ3) is 9.74. The molecule has 0 aliphatic carbocycles. The minimum absolute atomic E-state index is 0.766. The zero-order chi connectivity index (χ0) is 19.7. The molecule has 2 nitrogen and oxygen atoms in total. The zero-order valence-corrected chi connectivity index (χ0v) is 19.4. The first-order valence-corrected chi connectivity index (χ1v) is 11.7. The highest BCUT2D eigenvalue weighted by Crippen LogP contribution is 2.25. The Morgan fingerprint density at radius 3 is 1.92 bits per heavy atom. The van der Waals surface area contributed by atoms with Crippen LogP contribution in [-0.2, 0) is 0 Å². The number of rotatable bonds is 12. The van der Waals surface area contributed by atoms with Crippen molar-refractivity contribution in [2.24, 2.45) is 23.7 Å². The molecule has 156 valence electrons. The topological polar surface area (TPSA) is 6.48 Å². The summed E-state index contributed by atoms with van der Waals surface area (Å²) in [5.74, 6) is 3.27. The summed E-state index contributed by atoms with van der Waals surface area (Å²) in [6.45, 7) is 24.2. The molecular weight excluding hydrogens is 316 g/mol. The molecule has 0 aromatic heterocycles. The molecule has 1 heterocycles. The van der Waals surface area contributed by atoms with Gasteiger partial charge in [0.05, 0.1) is 0 Å². The van der Waals surface area contributed by atoms with Gasteiger partial charge in [0.25, 0.3) is 0 Å². The van der Waals surface area contributed by atoms with Crippen molar-refractivity contribution in [3.8, 4) is 0 Å². The molecule has 0 N–H and O–H groups in total. The molecule has 2 heteroatoms. The Labute approximate surface area is 166 Å². The number of hydrogen-bond acceptors (Lipinski definition) is 2. The van der Waals surface area contributed by atoms with Crippen LogP contribution in [0.2, 0.25) is 0 Å². The molecule has 1 saturated heterocycles. The molecule has 2 unspecified atom stereocenters. The van der Waals surface area contributed by atoms with Gasteiger partial charge in [-0.3, -0.25) is 9.80 Å². The van der Waals surface area contributed by atoms with E-state index in [-0.39, 0.29) is 0 Å². The van der Waals surface area contributed by atoms with Crippen molar-refractivity contribution in [2.45, 2.75) is 106 Å². The summed E-state index contributed by atoms with van der Waals surface area (Å²) in [6.07, 6.45) is 8.26. The van der Waals surface area contributed by atoms with E-state index in [0.29, 0.717) is 0 Å². The van der Waals surface area contributed by atoms with E-state index in [1.54, 1.807) is 0 Å². The number of hydrogen-bond donors (Lipinski definition) is 0. The van der Waals surface area contributed by atoms with Gasteiger partial charge in [0.15, 0.2) is 0 Å². The van der Waals surface area contributed by atoms with Crippen LogP contribution in [0.4, 0.5) is 0 Å². The summed E-state index contributed by atoms with van der Waals surface area (Å²) < 4.78 is 0. The summed E-state index contributed by atoms with van der Waals surface area (Å²) in [5, 5.41) is 0. The molecule has 0 amide bonds. The first-order valence-electron chi connectivity index (χ1n) is 11.7. The fourth-order valence-electron chi connectivity index (χ4n) is 4.49. The van der Waals surface area contributed by atoms with E-state index in [1.807, 2.05) is 0 Å². The van der Waals surface area contributed by atoms with E-state index >= 15 is 0 Å². The van der Waals surface area contributed by atoms with E-state index in [4.69, 9.17) is 0 Å². The van der Waals surface area contributed by atoms with Crippen LogP contribution in [0.3, 0.4) is 0 Å². The molecule has 0 aromatic carbocycles. The standard InChI is InChI=1S/C24H50N2/c1-19(2)10-9-11-23(16-21(5)6)26-15-14-25(13-12-20(3)4)24(18-26)17-22(7)8/h19-24H,9-18H2,1-8H3. The average Bonchev–Trinajstić information content (AvgIpc) is 2.51. The van der Waals surface area contributed by atoms with Gasteiger partial charge >= 0.3 is 0 Å². The van der Waals surface area contributed by atoms with Crippen LogP contribution in [0.1, 0.15) is 93.9 Å². The van der Waals surface area contributed by atoms with Crippen molar-refractivity contribution >= 4 is 0 Å². The summed E-state index contributed by atoms with van der Waals surface area (Å²) in [7, 11) is 0. The fraction of sp³-hybridized carbons (Fsp3) is 1.00. The van der Waals surface area contributed by atoms with Gasteiger partial charge in [0.1, 0.15) is 0 Å². The van der Waals surface area contributed by atoms with Crippen LogP contribution >= 0.6 is 0 Å². The SMILES string of the molecule is CC(C)CCCC(CC(C)C)N1CCN(CCC(C)C)C(CC(C)C)C1. The predicted octanol–water partition coefficient (Wildman–Crippen LogP) is 6.31. The normalized spacial score (nSPS) is 21.5. The molecule has 0 spiro atoms. The van der Waals surface area contributed by atoms with Crippen molar-refractivity contribution in [3.63, 3.8) is 0 Å². The minimum atomic E-state index is 0.766. The van der Waals surface area contributed by atoms with Gasteiger partial charge in [0, 0.05) is 31.7 Å². The van der Waals surface area contributed by atoms with Crippen molar-refractivity contribution in [1.29, 1.82) is 0 Å². The van der Waals surface area contributed by atoms with Crippen molar-refractivity contribution in [1.82, 2.24) is 9.80 Å². The van der Waals surface area contributed by atoms with Crippen molar-refractivity contribution < 1.29 is 0 Å². The lowest BCUT2D eigenvalue weighted by atomic mass is 9.92. The molecule has 0 aromatic rings. The van der Waals surface area contributed by atoms with Crippen LogP contribution in [0.5, 0.6) is 0 Å². The lowest BCUT2D eigenvalue weighted by Crippen LogP contribution is -2.56. The predicted molar refractivity (Wildman–Crippen MR) is 118 cm³/mol. The summed E-state index contributed by atoms with van der Waals surface area (Å²) in [4.78, 5) is 5.69. The lowest BCUT2D eigenvalue weighted by Gasteiger charge is -2.46. The van der Waals surface area contributed by atoms with E-state index in [2.05, 4.69) is 65.2 Å². The van der Waals surface area contributed by atoms with Gasteiger partial charge in [0.2, 0.25) is 0 Å².